The maximum Gasteiger partial charge on any atom is 0.279 e. The third-order valence-electron chi connectivity index (χ3n) is 5.97. The molecule has 0 saturated carbocycles. The van der Waals surface area contributed by atoms with Crippen molar-refractivity contribution >= 4 is 11.6 Å². The molecule has 1 heterocycles. The molecule has 6 nitrogen and oxygen atoms in total. The topological polar surface area (TPSA) is 56.4 Å². The Morgan fingerprint density at radius 1 is 0.903 bits per heavy atom. The minimum atomic E-state index is 0.0989. The second kappa shape index (κ2) is 11.7. The molecule has 3 N–H and O–H groups in total. The van der Waals surface area contributed by atoms with E-state index in [2.05, 4.69) is 32.2 Å². The average molecular weight is 428 g/mol. The van der Waals surface area contributed by atoms with Gasteiger partial charge in [0.2, 0.25) is 0 Å². The van der Waals surface area contributed by atoms with Gasteiger partial charge in [0.05, 0.1) is 6.61 Å². The van der Waals surface area contributed by atoms with E-state index in [0.29, 0.717) is 13.2 Å². The highest BCUT2D eigenvalue weighted by atomic mass is 16.5. The molecule has 0 unspecified atom stereocenters. The van der Waals surface area contributed by atoms with E-state index >= 15 is 0 Å². The number of piperazine rings is 1. The monoisotopic (exact) mass is 427 g/mol. The van der Waals surface area contributed by atoms with Crippen molar-refractivity contribution in [2.75, 3.05) is 57.8 Å². The Labute approximate surface area is 186 Å². The van der Waals surface area contributed by atoms with Crippen molar-refractivity contribution in [3.8, 4) is 11.5 Å². The molecule has 0 atom stereocenters. The second-order valence-electron chi connectivity index (χ2n) is 8.39. The van der Waals surface area contributed by atoms with E-state index in [0.717, 1.165) is 68.5 Å². The van der Waals surface area contributed by atoms with Gasteiger partial charge in [0.1, 0.15) is 50.8 Å². The zero-order valence-electron chi connectivity index (χ0n) is 19.1. The fraction of sp³-hybridized carbons (Fsp3) is 0.480. The van der Waals surface area contributed by atoms with E-state index in [-0.39, 0.29) is 5.91 Å². The summed E-state index contributed by atoms with van der Waals surface area (Å²) in [7, 11) is 0. The van der Waals surface area contributed by atoms with Crippen molar-refractivity contribution in [3.05, 3.63) is 53.6 Å². The Bertz CT molecular complexity index is 830. The van der Waals surface area contributed by atoms with Gasteiger partial charge in [-0.1, -0.05) is 19.1 Å². The van der Waals surface area contributed by atoms with Gasteiger partial charge in [0.15, 0.2) is 6.54 Å². The number of anilines is 1. The van der Waals surface area contributed by atoms with Crippen molar-refractivity contribution in [2.45, 2.75) is 27.2 Å². The molecule has 0 radical (unpaired) electrons. The summed E-state index contributed by atoms with van der Waals surface area (Å²) in [4.78, 5) is 15.4. The van der Waals surface area contributed by atoms with E-state index in [4.69, 9.17) is 9.47 Å². The molecule has 6 heteroatoms. The summed E-state index contributed by atoms with van der Waals surface area (Å²) < 4.78 is 11.5. The molecule has 2 aromatic carbocycles. The summed E-state index contributed by atoms with van der Waals surface area (Å²) >= 11 is 0. The van der Waals surface area contributed by atoms with Crippen molar-refractivity contribution in [1.29, 1.82) is 0 Å². The predicted octanol–water partition coefficient (Wildman–Crippen LogP) is 0.893. The highest BCUT2D eigenvalue weighted by Crippen LogP contribution is 2.18. The fourth-order valence-electron chi connectivity index (χ4n) is 3.86. The van der Waals surface area contributed by atoms with Crippen LogP contribution in [0.1, 0.15) is 24.5 Å². The van der Waals surface area contributed by atoms with E-state index in [9.17, 15) is 4.79 Å². The van der Waals surface area contributed by atoms with Crippen LogP contribution in [0.15, 0.2) is 42.5 Å². The number of rotatable bonds is 10. The van der Waals surface area contributed by atoms with Crippen LogP contribution < -0.4 is 24.6 Å². The van der Waals surface area contributed by atoms with Crippen LogP contribution in [0.5, 0.6) is 11.5 Å². The molecule has 1 aliphatic heterocycles. The Kier molecular flexibility index (Phi) is 8.74. The van der Waals surface area contributed by atoms with Crippen LogP contribution >= 0.6 is 0 Å². The third kappa shape index (κ3) is 7.26. The summed E-state index contributed by atoms with van der Waals surface area (Å²) in [6.07, 6.45) is 1.01. The largest absolute Gasteiger partial charge is 0.494 e. The second-order valence-corrected chi connectivity index (χ2v) is 8.39. The number of benzene rings is 2. The van der Waals surface area contributed by atoms with Crippen LogP contribution in [0, 0.1) is 13.8 Å². The van der Waals surface area contributed by atoms with Crippen LogP contribution in [0.3, 0.4) is 0 Å². The van der Waals surface area contributed by atoms with E-state index in [1.54, 1.807) is 4.90 Å². The van der Waals surface area contributed by atoms with Crippen LogP contribution in [-0.2, 0) is 4.79 Å². The molecule has 3 rings (SSSR count). The van der Waals surface area contributed by atoms with Gasteiger partial charge in [0, 0.05) is 5.69 Å². The number of hydrogen-bond acceptors (Lipinski definition) is 3. The molecule has 31 heavy (non-hydrogen) atoms. The molecule has 1 aliphatic rings. The van der Waals surface area contributed by atoms with Gasteiger partial charge < -0.3 is 24.6 Å². The van der Waals surface area contributed by atoms with Crippen LogP contribution in [0.4, 0.5) is 5.69 Å². The molecule has 0 spiro atoms. The predicted molar refractivity (Wildman–Crippen MR) is 123 cm³/mol. The summed E-state index contributed by atoms with van der Waals surface area (Å²) in [6.45, 7) is 13.3. The normalized spacial score (nSPS) is 18.4. The third-order valence-corrected chi connectivity index (χ3v) is 5.97. The molecule has 1 saturated heterocycles. The first kappa shape index (κ1) is 23.1. The van der Waals surface area contributed by atoms with E-state index in [1.807, 2.05) is 36.4 Å². The minimum absolute atomic E-state index is 0.0989. The lowest BCUT2D eigenvalue weighted by atomic mass is 10.1. The summed E-state index contributed by atoms with van der Waals surface area (Å²) in [5, 5.41) is 3.08. The highest BCUT2D eigenvalue weighted by Gasteiger charge is 2.24. The van der Waals surface area contributed by atoms with Crippen LogP contribution in [-0.4, -0.2) is 58.4 Å². The Morgan fingerprint density at radius 3 is 2.16 bits per heavy atom. The molecule has 1 amide bonds. The van der Waals surface area contributed by atoms with Gasteiger partial charge >= 0.3 is 0 Å². The molecule has 0 aliphatic carbocycles. The van der Waals surface area contributed by atoms with Gasteiger partial charge in [0.25, 0.3) is 5.91 Å². The lowest BCUT2D eigenvalue weighted by Gasteiger charge is -2.29. The number of carbonyl (C=O) groups is 1. The summed E-state index contributed by atoms with van der Waals surface area (Å²) in [5.74, 6) is 1.87. The molecule has 0 bridgehead atoms. The molecule has 168 valence electrons. The standard InChI is InChI=1S/C25H35N3O3/c1-4-17-30-22-8-10-23(11-9-22)31-18-16-27-12-14-28(15-13-27)19-25(29)26-24-7-5-6-20(2)21(24)3/h5-11H,4,12-19H2,1-3H3,(H,26,29)/p+2. The SMILES string of the molecule is CCCOc1ccc(OCC[NH+]2CC[NH+](CC(=O)Nc3cccc(C)c3C)CC2)cc1. The average Bonchev–Trinajstić information content (AvgIpc) is 2.77. The smallest absolute Gasteiger partial charge is 0.279 e. The van der Waals surface area contributed by atoms with Crippen molar-refractivity contribution < 1.29 is 24.1 Å². The van der Waals surface area contributed by atoms with Gasteiger partial charge in [-0.2, -0.15) is 0 Å². The van der Waals surface area contributed by atoms with Gasteiger partial charge in [-0.25, -0.2) is 0 Å². The van der Waals surface area contributed by atoms with Crippen LogP contribution in [0.25, 0.3) is 0 Å². The number of hydrogen-bond donors (Lipinski definition) is 3. The summed E-state index contributed by atoms with van der Waals surface area (Å²) in [6, 6.07) is 13.9. The van der Waals surface area contributed by atoms with Gasteiger partial charge in [-0.3, -0.25) is 4.79 Å². The lowest BCUT2D eigenvalue weighted by Crippen LogP contribution is -3.28. The number of carbonyl (C=O) groups excluding carboxylic acids is 1. The van der Waals surface area contributed by atoms with E-state index in [1.165, 1.54) is 10.5 Å². The number of nitrogens with one attached hydrogen (secondary N) is 3. The van der Waals surface area contributed by atoms with E-state index < -0.39 is 0 Å². The van der Waals surface area contributed by atoms with Crippen molar-refractivity contribution in [2.24, 2.45) is 0 Å². The number of ether oxygens (including phenoxy) is 2. The number of amides is 1. The first-order valence-corrected chi connectivity index (χ1v) is 11.4. The fourth-order valence-corrected chi connectivity index (χ4v) is 3.86. The maximum atomic E-state index is 12.5. The first-order chi connectivity index (χ1) is 15.0. The maximum absolute atomic E-state index is 12.5. The first-order valence-electron chi connectivity index (χ1n) is 11.4. The highest BCUT2D eigenvalue weighted by molar-refractivity contribution is 5.92. The zero-order chi connectivity index (χ0) is 22.1. The molecular weight excluding hydrogens is 390 g/mol. The Hall–Kier alpha value is -2.57. The number of aryl methyl sites for hydroxylation is 1. The molecule has 1 fully saturated rings. The summed E-state index contributed by atoms with van der Waals surface area (Å²) in [5.41, 5.74) is 3.27. The van der Waals surface area contributed by atoms with Crippen LogP contribution in [0.2, 0.25) is 0 Å². The van der Waals surface area contributed by atoms with Gasteiger partial charge in [-0.05, 0) is 61.7 Å². The van der Waals surface area contributed by atoms with Crippen molar-refractivity contribution in [3.63, 3.8) is 0 Å². The minimum Gasteiger partial charge on any atom is -0.494 e. The molecule has 2 aromatic rings. The Balaban J connectivity index is 1.33. The van der Waals surface area contributed by atoms with Gasteiger partial charge in [-0.15, -0.1) is 0 Å². The zero-order valence-corrected chi connectivity index (χ0v) is 19.1. The quantitative estimate of drug-likeness (QED) is 0.528. The van der Waals surface area contributed by atoms with Crippen molar-refractivity contribution in [1.82, 2.24) is 0 Å². The number of quaternary nitrogens is 2. The molecular formula is C25H37N3O3+2. The lowest BCUT2D eigenvalue weighted by molar-refractivity contribution is -1.01. The molecule has 0 aromatic heterocycles. The Morgan fingerprint density at radius 2 is 1.52 bits per heavy atom.